The molecule has 0 aliphatic carbocycles. The second-order valence-corrected chi connectivity index (χ2v) is 4.25. The van der Waals surface area contributed by atoms with Gasteiger partial charge in [0.15, 0.2) is 0 Å². The minimum Gasteiger partial charge on any atom is -0.383 e. The fourth-order valence-electron chi connectivity index (χ4n) is 1.28. The van der Waals surface area contributed by atoms with Gasteiger partial charge in [0.05, 0.1) is 13.0 Å². The quantitative estimate of drug-likeness (QED) is 0.607. The summed E-state index contributed by atoms with van der Waals surface area (Å²) >= 11 is 1.70. The molecule has 0 atom stereocenters. The molecule has 0 aliphatic heterocycles. The summed E-state index contributed by atoms with van der Waals surface area (Å²) in [5.74, 6) is 0.0361. The van der Waals surface area contributed by atoms with Crippen LogP contribution in [-0.2, 0) is 16.0 Å². The summed E-state index contributed by atoms with van der Waals surface area (Å²) in [6.45, 7) is 1.12. The van der Waals surface area contributed by atoms with Crippen molar-refractivity contribution in [2.75, 3.05) is 26.5 Å². The molecule has 1 amide bonds. The van der Waals surface area contributed by atoms with E-state index in [2.05, 4.69) is 5.32 Å². The predicted molar refractivity (Wildman–Crippen MR) is 66.8 cm³/mol. The van der Waals surface area contributed by atoms with Crippen molar-refractivity contribution in [3.05, 3.63) is 29.8 Å². The van der Waals surface area contributed by atoms with Crippen LogP contribution in [0.2, 0.25) is 0 Å². The second-order valence-electron chi connectivity index (χ2n) is 3.37. The number of rotatable bonds is 6. The van der Waals surface area contributed by atoms with Crippen molar-refractivity contribution in [3.63, 3.8) is 0 Å². The molecule has 0 heterocycles. The summed E-state index contributed by atoms with van der Waals surface area (Å²) in [5.41, 5.74) is 1.03. The van der Waals surface area contributed by atoms with E-state index in [1.807, 2.05) is 30.5 Å². The van der Waals surface area contributed by atoms with Crippen LogP contribution in [0, 0.1) is 0 Å². The summed E-state index contributed by atoms with van der Waals surface area (Å²) in [5, 5.41) is 2.79. The molecule has 0 saturated heterocycles. The van der Waals surface area contributed by atoms with Crippen molar-refractivity contribution in [2.45, 2.75) is 11.3 Å². The van der Waals surface area contributed by atoms with E-state index in [4.69, 9.17) is 4.74 Å². The molecule has 1 N–H and O–H groups in total. The van der Waals surface area contributed by atoms with Crippen LogP contribution in [-0.4, -0.2) is 32.4 Å². The van der Waals surface area contributed by atoms with Crippen LogP contribution in [0.4, 0.5) is 0 Å². The molecule has 1 rings (SSSR count). The molecule has 0 aromatic heterocycles. The molecule has 0 saturated carbocycles. The van der Waals surface area contributed by atoms with Gasteiger partial charge in [-0.15, -0.1) is 11.8 Å². The van der Waals surface area contributed by atoms with Crippen molar-refractivity contribution < 1.29 is 9.53 Å². The van der Waals surface area contributed by atoms with Crippen LogP contribution in [0.5, 0.6) is 0 Å². The normalized spacial score (nSPS) is 10.1. The molecular formula is C12H17NO2S. The lowest BCUT2D eigenvalue weighted by molar-refractivity contribution is -0.120. The van der Waals surface area contributed by atoms with Gasteiger partial charge in [-0.2, -0.15) is 0 Å². The number of nitrogens with one attached hydrogen (secondary N) is 1. The van der Waals surface area contributed by atoms with E-state index in [0.29, 0.717) is 19.6 Å². The molecule has 0 bridgehead atoms. The molecule has 16 heavy (non-hydrogen) atoms. The topological polar surface area (TPSA) is 38.3 Å². The van der Waals surface area contributed by atoms with E-state index in [9.17, 15) is 4.79 Å². The highest BCUT2D eigenvalue weighted by molar-refractivity contribution is 7.98. The number of amides is 1. The lowest BCUT2D eigenvalue weighted by Crippen LogP contribution is -2.28. The Balaban J connectivity index is 2.37. The summed E-state index contributed by atoms with van der Waals surface area (Å²) < 4.78 is 4.86. The molecule has 4 heteroatoms. The maximum absolute atomic E-state index is 11.5. The standard InChI is InChI=1S/C12H17NO2S/c1-15-8-7-13-12(14)9-10-3-5-11(16-2)6-4-10/h3-6H,7-9H2,1-2H3,(H,13,14). The van der Waals surface area contributed by atoms with Gasteiger partial charge in [0.2, 0.25) is 5.91 Å². The zero-order chi connectivity index (χ0) is 11.8. The number of hydrogen-bond acceptors (Lipinski definition) is 3. The number of thioether (sulfide) groups is 1. The van der Waals surface area contributed by atoms with Crippen LogP contribution >= 0.6 is 11.8 Å². The summed E-state index contributed by atoms with van der Waals surface area (Å²) in [7, 11) is 1.62. The lowest BCUT2D eigenvalue weighted by atomic mass is 10.1. The number of methoxy groups -OCH3 is 1. The fraction of sp³-hybridized carbons (Fsp3) is 0.417. The minimum absolute atomic E-state index is 0.0361. The average Bonchev–Trinajstić information content (AvgIpc) is 2.30. The molecule has 1 aromatic rings. The third kappa shape index (κ3) is 4.68. The maximum Gasteiger partial charge on any atom is 0.224 e. The molecule has 0 unspecified atom stereocenters. The van der Waals surface area contributed by atoms with Crippen molar-refractivity contribution >= 4 is 17.7 Å². The minimum atomic E-state index is 0.0361. The highest BCUT2D eigenvalue weighted by atomic mass is 32.2. The van der Waals surface area contributed by atoms with Crippen LogP contribution in [0.15, 0.2) is 29.2 Å². The first-order valence-corrected chi connectivity index (χ1v) is 6.37. The molecule has 0 aliphatic rings. The first-order valence-electron chi connectivity index (χ1n) is 5.15. The van der Waals surface area contributed by atoms with Crippen molar-refractivity contribution in [1.82, 2.24) is 5.32 Å². The van der Waals surface area contributed by atoms with Crippen molar-refractivity contribution in [3.8, 4) is 0 Å². The zero-order valence-corrected chi connectivity index (χ0v) is 10.5. The van der Waals surface area contributed by atoms with E-state index < -0.39 is 0 Å². The van der Waals surface area contributed by atoms with Gasteiger partial charge in [0.25, 0.3) is 0 Å². The number of carbonyl (C=O) groups excluding carboxylic acids is 1. The highest BCUT2D eigenvalue weighted by Crippen LogP contribution is 2.14. The van der Waals surface area contributed by atoms with Gasteiger partial charge in [-0.05, 0) is 24.0 Å². The molecule has 3 nitrogen and oxygen atoms in total. The van der Waals surface area contributed by atoms with Crippen molar-refractivity contribution in [1.29, 1.82) is 0 Å². The molecule has 1 aromatic carbocycles. The number of carbonyl (C=O) groups is 1. The Bertz CT molecular complexity index is 324. The summed E-state index contributed by atoms with van der Waals surface area (Å²) in [6, 6.07) is 8.04. The summed E-state index contributed by atoms with van der Waals surface area (Å²) in [6.07, 6.45) is 2.46. The van der Waals surface area contributed by atoms with Gasteiger partial charge >= 0.3 is 0 Å². The maximum atomic E-state index is 11.5. The number of benzene rings is 1. The van der Waals surface area contributed by atoms with E-state index in [-0.39, 0.29) is 5.91 Å². The van der Waals surface area contributed by atoms with Crippen LogP contribution in [0.1, 0.15) is 5.56 Å². The summed E-state index contributed by atoms with van der Waals surface area (Å²) in [4.78, 5) is 12.7. The molecule has 88 valence electrons. The van der Waals surface area contributed by atoms with E-state index in [1.54, 1.807) is 18.9 Å². The largest absolute Gasteiger partial charge is 0.383 e. The number of ether oxygens (including phenoxy) is 1. The van der Waals surface area contributed by atoms with Crippen LogP contribution < -0.4 is 5.32 Å². The predicted octanol–water partition coefficient (Wildman–Crippen LogP) is 1.71. The van der Waals surface area contributed by atoms with Crippen LogP contribution in [0.25, 0.3) is 0 Å². The third-order valence-corrected chi connectivity index (χ3v) is 2.90. The van der Waals surface area contributed by atoms with Crippen LogP contribution in [0.3, 0.4) is 0 Å². The van der Waals surface area contributed by atoms with E-state index in [0.717, 1.165) is 5.56 Å². The Morgan fingerprint density at radius 3 is 2.62 bits per heavy atom. The molecule has 0 spiro atoms. The van der Waals surface area contributed by atoms with Crippen molar-refractivity contribution in [2.24, 2.45) is 0 Å². The average molecular weight is 239 g/mol. The monoisotopic (exact) mass is 239 g/mol. The third-order valence-electron chi connectivity index (χ3n) is 2.15. The first-order chi connectivity index (χ1) is 7.76. The number of hydrogen-bond donors (Lipinski definition) is 1. The molecule has 0 fully saturated rings. The Kier molecular flexibility index (Phi) is 5.96. The Morgan fingerprint density at radius 2 is 2.06 bits per heavy atom. The van der Waals surface area contributed by atoms with Gasteiger partial charge in [-0.1, -0.05) is 12.1 Å². The van der Waals surface area contributed by atoms with Gasteiger partial charge in [-0.25, -0.2) is 0 Å². The van der Waals surface area contributed by atoms with Gasteiger partial charge < -0.3 is 10.1 Å². The molecular weight excluding hydrogens is 222 g/mol. The van der Waals surface area contributed by atoms with E-state index >= 15 is 0 Å². The SMILES string of the molecule is COCCNC(=O)Cc1ccc(SC)cc1. The lowest BCUT2D eigenvalue weighted by Gasteiger charge is -2.05. The highest BCUT2D eigenvalue weighted by Gasteiger charge is 2.02. The van der Waals surface area contributed by atoms with E-state index in [1.165, 1.54) is 4.90 Å². The first kappa shape index (κ1) is 13.1. The van der Waals surface area contributed by atoms with Gasteiger partial charge in [0, 0.05) is 18.6 Å². The fourth-order valence-corrected chi connectivity index (χ4v) is 1.69. The Labute approximate surface area is 101 Å². The zero-order valence-electron chi connectivity index (χ0n) is 9.66. The van der Waals surface area contributed by atoms with Gasteiger partial charge in [-0.3, -0.25) is 4.79 Å². The smallest absolute Gasteiger partial charge is 0.224 e. The van der Waals surface area contributed by atoms with Gasteiger partial charge in [0.1, 0.15) is 0 Å². The Morgan fingerprint density at radius 1 is 1.38 bits per heavy atom. The Hall–Kier alpha value is -1.00. The molecule has 0 radical (unpaired) electrons. The second kappa shape index (κ2) is 7.30.